The van der Waals surface area contributed by atoms with Gasteiger partial charge in [-0.3, -0.25) is 4.90 Å². The van der Waals surface area contributed by atoms with E-state index in [1.165, 1.54) is 16.5 Å². The minimum atomic E-state index is -0.349. The van der Waals surface area contributed by atoms with Gasteiger partial charge < -0.3 is 5.73 Å². The van der Waals surface area contributed by atoms with E-state index in [-0.39, 0.29) is 10.8 Å². The van der Waals surface area contributed by atoms with Gasteiger partial charge in [0.25, 0.3) is 0 Å². The molecule has 0 saturated carbocycles. The fraction of sp³-hybridized carbons (Fsp3) is 0.312. The Kier molecular flexibility index (Phi) is 4.06. The standard InChI is InChI=1S/C16H17FN2S2/c1-10-12-5-7-21-15(12)4-6-19(10)9-11-2-3-14(17)13(8-11)16(18)20/h2-3,5,7-8,10H,4,6,9H2,1H3,(H2,18,20). The van der Waals surface area contributed by atoms with E-state index in [0.29, 0.717) is 11.6 Å². The number of nitrogens with two attached hydrogens (primary N) is 1. The molecular weight excluding hydrogens is 303 g/mol. The van der Waals surface area contributed by atoms with Crippen LogP contribution in [0.1, 0.15) is 34.5 Å². The molecule has 2 nitrogen and oxygen atoms in total. The predicted octanol–water partition coefficient (Wildman–Crippen LogP) is 3.64. The average molecular weight is 320 g/mol. The van der Waals surface area contributed by atoms with Gasteiger partial charge in [-0.1, -0.05) is 18.3 Å². The van der Waals surface area contributed by atoms with E-state index < -0.39 is 0 Å². The number of thiophene rings is 1. The first-order valence-electron chi connectivity index (χ1n) is 6.95. The highest BCUT2D eigenvalue weighted by Crippen LogP contribution is 2.33. The van der Waals surface area contributed by atoms with Crippen LogP contribution in [0.15, 0.2) is 29.6 Å². The van der Waals surface area contributed by atoms with Gasteiger partial charge in [0.15, 0.2) is 0 Å². The van der Waals surface area contributed by atoms with Gasteiger partial charge in [0, 0.05) is 29.6 Å². The van der Waals surface area contributed by atoms with Crippen LogP contribution in [0.2, 0.25) is 0 Å². The van der Waals surface area contributed by atoms with E-state index in [0.717, 1.165) is 25.1 Å². The van der Waals surface area contributed by atoms with Crippen LogP contribution in [-0.2, 0) is 13.0 Å². The zero-order valence-electron chi connectivity index (χ0n) is 11.8. The highest BCUT2D eigenvalue weighted by molar-refractivity contribution is 7.80. The fourth-order valence-electron chi connectivity index (χ4n) is 2.87. The molecule has 1 aromatic heterocycles. The second-order valence-electron chi connectivity index (χ2n) is 5.37. The van der Waals surface area contributed by atoms with E-state index in [2.05, 4.69) is 23.3 Å². The molecule has 0 bridgehead atoms. The van der Waals surface area contributed by atoms with Crippen molar-refractivity contribution in [1.29, 1.82) is 0 Å². The van der Waals surface area contributed by atoms with Gasteiger partial charge in [-0.05, 0) is 48.1 Å². The minimum Gasteiger partial charge on any atom is -0.389 e. The van der Waals surface area contributed by atoms with E-state index in [4.69, 9.17) is 18.0 Å². The van der Waals surface area contributed by atoms with Crippen molar-refractivity contribution in [3.05, 3.63) is 57.0 Å². The van der Waals surface area contributed by atoms with Crippen LogP contribution in [0.4, 0.5) is 4.39 Å². The monoisotopic (exact) mass is 320 g/mol. The number of rotatable bonds is 3. The van der Waals surface area contributed by atoms with Crippen molar-refractivity contribution >= 4 is 28.5 Å². The van der Waals surface area contributed by atoms with E-state index in [9.17, 15) is 4.39 Å². The molecule has 5 heteroatoms. The lowest BCUT2D eigenvalue weighted by atomic mass is 10.0. The molecule has 1 atom stereocenters. The minimum absolute atomic E-state index is 0.112. The lowest BCUT2D eigenvalue weighted by Gasteiger charge is -2.33. The summed E-state index contributed by atoms with van der Waals surface area (Å²) in [6, 6.07) is 7.63. The van der Waals surface area contributed by atoms with Crippen molar-refractivity contribution in [3.63, 3.8) is 0 Å². The van der Waals surface area contributed by atoms with Gasteiger partial charge in [0.05, 0.1) is 0 Å². The lowest BCUT2D eigenvalue weighted by Crippen LogP contribution is -2.32. The van der Waals surface area contributed by atoms with Gasteiger partial charge >= 0.3 is 0 Å². The van der Waals surface area contributed by atoms with Gasteiger partial charge in [-0.25, -0.2) is 4.39 Å². The maximum Gasteiger partial charge on any atom is 0.133 e. The lowest BCUT2D eigenvalue weighted by molar-refractivity contribution is 0.191. The Morgan fingerprint density at radius 3 is 3.05 bits per heavy atom. The summed E-state index contributed by atoms with van der Waals surface area (Å²) >= 11 is 6.74. The Balaban J connectivity index is 1.82. The summed E-state index contributed by atoms with van der Waals surface area (Å²) in [6.45, 7) is 4.03. The highest BCUT2D eigenvalue weighted by atomic mass is 32.1. The molecule has 1 aliphatic heterocycles. The summed E-state index contributed by atoms with van der Waals surface area (Å²) in [5.74, 6) is -0.349. The Morgan fingerprint density at radius 1 is 1.48 bits per heavy atom. The largest absolute Gasteiger partial charge is 0.389 e. The molecule has 0 radical (unpaired) electrons. The molecule has 3 rings (SSSR count). The molecule has 2 aromatic rings. The van der Waals surface area contributed by atoms with Gasteiger partial charge in [-0.15, -0.1) is 11.3 Å². The summed E-state index contributed by atoms with van der Waals surface area (Å²) in [6.07, 6.45) is 1.08. The van der Waals surface area contributed by atoms with Crippen LogP contribution in [0.3, 0.4) is 0 Å². The fourth-order valence-corrected chi connectivity index (χ4v) is 3.99. The summed E-state index contributed by atoms with van der Waals surface area (Å²) < 4.78 is 13.7. The molecule has 0 spiro atoms. The average Bonchev–Trinajstić information content (AvgIpc) is 2.93. The number of hydrogen-bond acceptors (Lipinski definition) is 3. The third-order valence-electron chi connectivity index (χ3n) is 4.09. The van der Waals surface area contributed by atoms with Gasteiger partial charge in [0.1, 0.15) is 10.8 Å². The van der Waals surface area contributed by atoms with Crippen molar-refractivity contribution in [3.8, 4) is 0 Å². The first-order chi connectivity index (χ1) is 10.1. The van der Waals surface area contributed by atoms with E-state index in [1.54, 1.807) is 6.07 Å². The van der Waals surface area contributed by atoms with Crippen LogP contribution >= 0.6 is 23.6 Å². The number of benzene rings is 1. The first kappa shape index (κ1) is 14.6. The first-order valence-corrected chi connectivity index (χ1v) is 8.23. The van der Waals surface area contributed by atoms with Gasteiger partial charge in [-0.2, -0.15) is 0 Å². The van der Waals surface area contributed by atoms with Gasteiger partial charge in [0.2, 0.25) is 0 Å². The Morgan fingerprint density at radius 2 is 2.29 bits per heavy atom. The summed E-state index contributed by atoms with van der Waals surface area (Å²) in [7, 11) is 0. The Hall–Kier alpha value is -1.30. The normalized spacial score (nSPS) is 18.5. The molecule has 21 heavy (non-hydrogen) atoms. The molecule has 1 unspecified atom stereocenters. The van der Waals surface area contributed by atoms with Crippen molar-refractivity contribution in [2.45, 2.75) is 25.9 Å². The topological polar surface area (TPSA) is 29.3 Å². The maximum absolute atomic E-state index is 13.7. The molecule has 0 saturated heterocycles. The van der Waals surface area contributed by atoms with Crippen LogP contribution in [-0.4, -0.2) is 16.4 Å². The van der Waals surface area contributed by atoms with Crippen molar-refractivity contribution in [2.24, 2.45) is 5.73 Å². The van der Waals surface area contributed by atoms with E-state index in [1.807, 2.05) is 17.4 Å². The second kappa shape index (κ2) is 5.83. The zero-order valence-corrected chi connectivity index (χ0v) is 13.4. The Labute approximate surface area is 133 Å². The maximum atomic E-state index is 13.7. The molecule has 110 valence electrons. The smallest absolute Gasteiger partial charge is 0.133 e. The van der Waals surface area contributed by atoms with Crippen LogP contribution in [0.5, 0.6) is 0 Å². The van der Waals surface area contributed by atoms with Crippen molar-refractivity contribution in [1.82, 2.24) is 4.90 Å². The number of nitrogens with zero attached hydrogens (tertiary/aromatic N) is 1. The third-order valence-corrected chi connectivity index (χ3v) is 5.30. The number of fused-ring (bicyclic) bond motifs is 1. The van der Waals surface area contributed by atoms with E-state index >= 15 is 0 Å². The molecule has 0 aliphatic carbocycles. The van der Waals surface area contributed by atoms with Crippen molar-refractivity contribution in [2.75, 3.05) is 6.54 Å². The number of hydrogen-bond donors (Lipinski definition) is 1. The van der Waals surface area contributed by atoms with Crippen LogP contribution in [0.25, 0.3) is 0 Å². The molecule has 1 aromatic carbocycles. The number of thiocarbonyl (C=S) groups is 1. The SMILES string of the molecule is CC1c2ccsc2CCN1Cc1ccc(F)c(C(N)=S)c1. The molecule has 0 amide bonds. The molecule has 2 heterocycles. The van der Waals surface area contributed by atoms with Crippen LogP contribution in [0, 0.1) is 5.82 Å². The van der Waals surface area contributed by atoms with Crippen LogP contribution < -0.4 is 5.73 Å². The number of halogens is 1. The molecule has 2 N–H and O–H groups in total. The predicted molar refractivity (Wildman–Crippen MR) is 89.1 cm³/mol. The summed E-state index contributed by atoms with van der Waals surface area (Å²) in [5.41, 5.74) is 8.37. The molecule has 0 fully saturated rings. The quantitative estimate of drug-likeness (QED) is 0.876. The third kappa shape index (κ3) is 2.86. The molecule has 1 aliphatic rings. The molecular formula is C16H17FN2S2. The summed E-state index contributed by atoms with van der Waals surface area (Å²) in [5, 5.41) is 2.16. The van der Waals surface area contributed by atoms with Crippen molar-refractivity contribution < 1.29 is 4.39 Å². The second-order valence-corrected chi connectivity index (χ2v) is 6.81. The summed E-state index contributed by atoms with van der Waals surface area (Å²) in [4.78, 5) is 4.01. The highest BCUT2D eigenvalue weighted by Gasteiger charge is 2.24. The Bertz CT molecular complexity index is 681. The zero-order chi connectivity index (χ0) is 15.0.